The fraction of sp³-hybridized carbons (Fsp3) is 0.188. The summed E-state index contributed by atoms with van der Waals surface area (Å²) in [6, 6.07) is 9.95. The molecule has 8 heteroatoms. The minimum atomic E-state index is -4.41. The van der Waals surface area contributed by atoms with Crippen LogP contribution in [0, 0.1) is 0 Å². The fourth-order valence-corrected chi connectivity index (χ4v) is 2.62. The lowest BCUT2D eigenvalue weighted by atomic mass is 10.1. The van der Waals surface area contributed by atoms with Gasteiger partial charge in [0.05, 0.1) is 16.9 Å². The third-order valence-electron chi connectivity index (χ3n) is 3.21. The molecule has 0 fully saturated rings. The molecule has 2 aromatic carbocycles. The van der Waals surface area contributed by atoms with Gasteiger partial charge in [0.25, 0.3) is 0 Å². The number of benzene rings is 2. The zero-order valence-electron chi connectivity index (χ0n) is 12.6. The number of sulfone groups is 1. The quantitative estimate of drug-likeness (QED) is 0.913. The van der Waals surface area contributed by atoms with Crippen LogP contribution in [0.3, 0.4) is 0 Å². The Bertz CT molecular complexity index is 826. The van der Waals surface area contributed by atoms with Gasteiger partial charge < -0.3 is 5.32 Å². The molecule has 1 N–H and O–H groups in total. The van der Waals surface area contributed by atoms with Gasteiger partial charge in [-0.2, -0.15) is 13.2 Å². The normalized spacial score (nSPS) is 12.0. The van der Waals surface area contributed by atoms with Crippen LogP contribution < -0.4 is 5.32 Å². The largest absolute Gasteiger partial charge is 0.416 e. The third-order valence-corrected chi connectivity index (χ3v) is 4.34. The summed E-state index contributed by atoms with van der Waals surface area (Å²) >= 11 is 0. The highest BCUT2D eigenvalue weighted by atomic mass is 32.2. The maximum absolute atomic E-state index is 12.5. The number of rotatable bonds is 4. The van der Waals surface area contributed by atoms with Crippen molar-refractivity contribution >= 4 is 21.4 Å². The van der Waals surface area contributed by atoms with Crippen molar-refractivity contribution < 1.29 is 26.4 Å². The molecular formula is C16H14F3NO3S. The van der Waals surface area contributed by atoms with Gasteiger partial charge in [-0.15, -0.1) is 0 Å². The van der Waals surface area contributed by atoms with Crippen LogP contribution in [-0.2, 0) is 27.2 Å². The molecule has 0 saturated heterocycles. The molecule has 1 amide bonds. The maximum atomic E-state index is 12.5. The van der Waals surface area contributed by atoms with Crippen molar-refractivity contribution in [1.29, 1.82) is 0 Å². The first kappa shape index (κ1) is 18.0. The monoisotopic (exact) mass is 357 g/mol. The molecule has 24 heavy (non-hydrogen) atoms. The Kier molecular flexibility index (Phi) is 4.98. The van der Waals surface area contributed by atoms with Crippen molar-refractivity contribution in [2.45, 2.75) is 17.5 Å². The minimum Gasteiger partial charge on any atom is -0.326 e. The number of halogens is 3. The Morgan fingerprint density at radius 3 is 2.00 bits per heavy atom. The first-order valence-corrected chi connectivity index (χ1v) is 8.71. The average molecular weight is 357 g/mol. The highest BCUT2D eigenvalue weighted by molar-refractivity contribution is 7.90. The van der Waals surface area contributed by atoms with Gasteiger partial charge in [-0.1, -0.05) is 12.1 Å². The number of hydrogen-bond acceptors (Lipinski definition) is 3. The Labute approximate surface area is 137 Å². The van der Waals surface area contributed by atoms with E-state index < -0.39 is 27.5 Å². The zero-order valence-corrected chi connectivity index (χ0v) is 13.4. The summed E-state index contributed by atoms with van der Waals surface area (Å²) in [5.41, 5.74) is 0.0654. The van der Waals surface area contributed by atoms with E-state index in [-0.39, 0.29) is 11.3 Å². The summed E-state index contributed by atoms with van der Waals surface area (Å²) in [5.74, 6) is -0.415. The molecule has 0 spiro atoms. The first-order chi connectivity index (χ1) is 11.1. The molecule has 0 aliphatic rings. The average Bonchev–Trinajstić information content (AvgIpc) is 2.46. The van der Waals surface area contributed by atoms with Crippen LogP contribution in [0.15, 0.2) is 53.4 Å². The van der Waals surface area contributed by atoms with Crippen molar-refractivity contribution in [2.75, 3.05) is 11.6 Å². The van der Waals surface area contributed by atoms with Crippen LogP contribution in [0.1, 0.15) is 11.1 Å². The molecule has 0 aliphatic carbocycles. The number of carbonyl (C=O) groups excluding carboxylic acids is 1. The number of hydrogen-bond donors (Lipinski definition) is 1. The van der Waals surface area contributed by atoms with E-state index in [9.17, 15) is 26.4 Å². The van der Waals surface area contributed by atoms with Gasteiger partial charge in [0.15, 0.2) is 9.84 Å². The molecular weight excluding hydrogens is 343 g/mol. The van der Waals surface area contributed by atoms with E-state index >= 15 is 0 Å². The van der Waals surface area contributed by atoms with Crippen molar-refractivity contribution in [2.24, 2.45) is 0 Å². The second-order valence-corrected chi connectivity index (χ2v) is 7.23. The number of carbonyl (C=O) groups is 1. The standard InChI is InChI=1S/C16H14F3NO3S/c1-24(22,23)14-8-6-13(7-9-14)20-15(21)10-11-2-4-12(5-3-11)16(17,18)19/h2-9H,10H2,1H3,(H,20,21). The molecule has 0 radical (unpaired) electrons. The molecule has 0 unspecified atom stereocenters. The van der Waals surface area contributed by atoms with E-state index in [2.05, 4.69) is 5.32 Å². The fourth-order valence-electron chi connectivity index (χ4n) is 1.99. The summed E-state index contributed by atoms with van der Waals surface area (Å²) in [6.07, 6.45) is -3.43. The highest BCUT2D eigenvalue weighted by Gasteiger charge is 2.29. The van der Waals surface area contributed by atoms with Crippen LogP contribution >= 0.6 is 0 Å². The van der Waals surface area contributed by atoms with Crippen LogP contribution in [-0.4, -0.2) is 20.6 Å². The number of anilines is 1. The maximum Gasteiger partial charge on any atom is 0.416 e. The predicted molar refractivity (Wildman–Crippen MR) is 83.3 cm³/mol. The smallest absolute Gasteiger partial charge is 0.326 e. The summed E-state index contributed by atoms with van der Waals surface area (Å²) in [7, 11) is -3.32. The third kappa shape index (κ3) is 4.82. The Morgan fingerprint density at radius 2 is 1.54 bits per heavy atom. The topological polar surface area (TPSA) is 63.2 Å². The molecule has 0 atom stereocenters. The Morgan fingerprint density at radius 1 is 1.00 bits per heavy atom. The molecule has 0 heterocycles. The van der Waals surface area contributed by atoms with E-state index in [1.807, 2.05) is 0 Å². The first-order valence-electron chi connectivity index (χ1n) is 6.82. The second kappa shape index (κ2) is 6.64. The summed E-state index contributed by atoms with van der Waals surface area (Å²) in [6.45, 7) is 0. The van der Waals surface area contributed by atoms with Crippen molar-refractivity contribution in [1.82, 2.24) is 0 Å². The molecule has 0 aliphatic heterocycles. The molecule has 0 saturated carbocycles. The van der Waals surface area contributed by atoms with Gasteiger partial charge in [-0.25, -0.2) is 8.42 Å². The van der Waals surface area contributed by atoms with Gasteiger partial charge in [0.2, 0.25) is 5.91 Å². The molecule has 2 aromatic rings. The highest BCUT2D eigenvalue weighted by Crippen LogP contribution is 2.29. The summed E-state index contributed by atoms with van der Waals surface area (Å²) in [4.78, 5) is 12.0. The van der Waals surface area contributed by atoms with Crippen LogP contribution in [0.2, 0.25) is 0 Å². The lowest BCUT2D eigenvalue weighted by Gasteiger charge is -2.08. The van der Waals surface area contributed by atoms with Crippen molar-refractivity contribution in [3.8, 4) is 0 Å². The minimum absolute atomic E-state index is 0.0913. The summed E-state index contributed by atoms with van der Waals surface area (Å²) < 4.78 is 60.1. The van der Waals surface area contributed by atoms with E-state index in [0.717, 1.165) is 18.4 Å². The molecule has 2 rings (SSSR count). The van der Waals surface area contributed by atoms with Gasteiger partial charge in [-0.3, -0.25) is 4.79 Å². The van der Waals surface area contributed by atoms with Gasteiger partial charge in [0.1, 0.15) is 0 Å². The van der Waals surface area contributed by atoms with Gasteiger partial charge >= 0.3 is 6.18 Å². The Balaban J connectivity index is 2.00. The summed E-state index contributed by atoms with van der Waals surface area (Å²) in [5, 5.41) is 2.56. The lowest BCUT2D eigenvalue weighted by molar-refractivity contribution is -0.137. The van der Waals surface area contributed by atoms with Crippen LogP contribution in [0.4, 0.5) is 18.9 Å². The van der Waals surface area contributed by atoms with Crippen molar-refractivity contribution in [3.63, 3.8) is 0 Å². The van der Waals surface area contributed by atoms with E-state index in [4.69, 9.17) is 0 Å². The van der Waals surface area contributed by atoms with E-state index in [1.165, 1.54) is 36.4 Å². The number of nitrogens with one attached hydrogen (secondary N) is 1. The van der Waals surface area contributed by atoms with Crippen LogP contribution in [0.25, 0.3) is 0 Å². The van der Waals surface area contributed by atoms with E-state index in [1.54, 1.807) is 0 Å². The van der Waals surface area contributed by atoms with E-state index in [0.29, 0.717) is 11.3 Å². The molecule has 0 bridgehead atoms. The number of amides is 1. The SMILES string of the molecule is CS(=O)(=O)c1ccc(NC(=O)Cc2ccc(C(F)(F)F)cc2)cc1. The second-order valence-electron chi connectivity index (χ2n) is 5.22. The van der Waals surface area contributed by atoms with Gasteiger partial charge in [-0.05, 0) is 42.0 Å². The van der Waals surface area contributed by atoms with Gasteiger partial charge in [0, 0.05) is 11.9 Å². The lowest BCUT2D eigenvalue weighted by Crippen LogP contribution is -2.14. The zero-order chi connectivity index (χ0) is 18.0. The van der Waals surface area contributed by atoms with Crippen LogP contribution in [0.5, 0.6) is 0 Å². The van der Waals surface area contributed by atoms with Crippen molar-refractivity contribution in [3.05, 3.63) is 59.7 Å². The predicted octanol–water partition coefficient (Wildman–Crippen LogP) is 3.29. The Hall–Kier alpha value is -2.35. The number of alkyl halides is 3. The molecule has 128 valence electrons. The molecule has 0 aromatic heterocycles. The molecule has 4 nitrogen and oxygen atoms in total.